The van der Waals surface area contributed by atoms with E-state index < -0.39 is 0 Å². The Morgan fingerprint density at radius 3 is 2.83 bits per heavy atom. The van der Waals surface area contributed by atoms with Crippen molar-refractivity contribution < 1.29 is 18.7 Å². The Morgan fingerprint density at radius 2 is 2.00 bits per heavy atom. The van der Waals surface area contributed by atoms with Crippen LogP contribution in [0.15, 0.2) is 41.0 Å². The van der Waals surface area contributed by atoms with Gasteiger partial charge in [-0.05, 0) is 18.2 Å². The molecular weight excluding hydrogens is 236 g/mol. The molecule has 0 spiro atoms. The van der Waals surface area contributed by atoms with Gasteiger partial charge in [0.1, 0.15) is 0 Å². The minimum Gasteiger partial charge on any atom is -0.454 e. The molecule has 6 nitrogen and oxygen atoms in total. The van der Waals surface area contributed by atoms with Crippen LogP contribution in [0.5, 0.6) is 11.5 Å². The number of hydrogen-bond donors (Lipinski definition) is 2. The van der Waals surface area contributed by atoms with Gasteiger partial charge in [0.25, 0.3) is 0 Å². The van der Waals surface area contributed by atoms with Gasteiger partial charge < -0.3 is 19.2 Å². The molecule has 6 heteroatoms. The Balaban J connectivity index is 1.67. The van der Waals surface area contributed by atoms with Gasteiger partial charge >= 0.3 is 6.03 Å². The van der Waals surface area contributed by atoms with E-state index in [0.29, 0.717) is 23.1 Å². The molecule has 0 bridgehead atoms. The van der Waals surface area contributed by atoms with E-state index >= 15 is 0 Å². The van der Waals surface area contributed by atoms with E-state index in [1.807, 2.05) is 0 Å². The number of carbonyl (C=O) groups is 1. The topological polar surface area (TPSA) is 72.7 Å². The fraction of sp³-hybridized carbons (Fsp3) is 0.0833. The second-order valence-electron chi connectivity index (χ2n) is 3.62. The number of rotatable bonds is 2. The highest BCUT2D eigenvalue weighted by Crippen LogP contribution is 2.34. The number of carbonyl (C=O) groups excluding carboxylic acids is 1. The van der Waals surface area contributed by atoms with E-state index in [1.54, 1.807) is 30.3 Å². The van der Waals surface area contributed by atoms with Crippen molar-refractivity contribution in [1.29, 1.82) is 0 Å². The van der Waals surface area contributed by atoms with E-state index in [0.717, 1.165) is 0 Å². The third-order valence-electron chi connectivity index (χ3n) is 2.39. The van der Waals surface area contributed by atoms with Crippen LogP contribution in [0.2, 0.25) is 0 Å². The van der Waals surface area contributed by atoms with Gasteiger partial charge in [-0.3, -0.25) is 5.32 Å². The monoisotopic (exact) mass is 246 g/mol. The first kappa shape index (κ1) is 10.5. The highest BCUT2D eigenvalue weighted by molar-refractivity contribution is 5.99. The zero-order chi connectivity index (χ0) is 12.4. The summed E-state index contributed by atoms with van der Waals surface area (Å²) in [6, 6.07) is 8.13. The molecule has 0 radical (unpaired) electrons. The molecule has 2 heterocycles. The van der Waals surface area contributed by atoms with Crippen molar-refractivity contribution in [3.05, 3.63) is 36.6 Å². The van der Waals surface area contributed by atoms with Crippen molar-refractivity contribution >= 4 is 17.6 Å². The standard InChI is InChI=1S/C12H10N2O4/c15-12(14-11-2-1-5-16-11)13-8-3-4-9-10(6-8)18-7-17-9/h1-6H,7H2,(H2,13,14,15). The molecule has 0 unspecified atom stereocenters. The number of nitrogens with one attached hydrogen (secondary N) is 2. The third-order valence-corrected chi connectivity index (χ3v) is 2.39. The summed E-state index contributed by atoms with van der Waals surface area (Å²) in [5.74, 6) is 1.67. The van der Waals surface area contributed by atoms with E-state index in [-0.39, 0.29) is 12.8 Å². The zero-order valence-corrected chi connectivity index (χ0v) is 9.30. The molecule has 0 atom stereocenters. The van der Waals surface area contributed by atoms with Crippen LogP contribution in [0.25, 0.3) is 0 Å². The van der Waals surface area contributed by atoms with E-state index in [4.69, 9.17) is 13.9 Å². The molecular formula is C12H10N2O4. The largest absolute Gasteiger partial charge is 0.454 e. The van der Waals surface area contributed by atoms with Crippen LogP contribution in [-0.2, 0) is 0 Å². The number of hydrogen-bond acceptors (Lipinski definition) is 4. The molecule has 0 saturated carbocycles. The second-order valence-corrected chi connectivity index (χ2v) is 3.62. The lowest BCUT2D eigenvalue weighted by atomic mass is 10.3. The van der Waals surface area contributed by atoms with Crippen LogP contribution < -0.4 is 20.1 Å². The minimum absolute atomic E-state index is 0.206. The smallest absolute Gasteiger partial charge is 0.326 e. The molecule has 0 fully saturated rings. The SMILES string of the molecule is O=C(Nc1ccc2c(c1)OCO2)Nc1ccco1. The molecule has 1 aliphatic rings. The molecule has 1 aromatic heterocycles. The lowest BCUT2D eigenvalue weighted by Crippen LogP contribution is -2.18. The van der Waals surface area contributed by atoms with Crippen LogP contribution in [0.3, 0.4) is 0 Å². The van der Waals surface area contributed by atoms with Gasteiger partial charge in [0, 0.05) is 17.8 Å². The minimum atomic E-state index is -0.385. The summed E-state index contributed by atoms with van der Waals surface area (Å²) in [6.45, 7) is 0.206. The zero-order valence-electron chi connectivity index (χ0n) is 9.30. The fourth-order valence-corrected chi connectivity index (χ4v) is 1.60. The highest BCUT2D eigenvalue weighted by atomic mass is 16.7. The number of fused-ring (bicyclic) bond motifs is 1. The quantitative estimate of drug-likeness (QED) is 0.854. The summed E-state index contributed by atoms with van der Waals surface area (Å²) >= 11 is 0. The number of urea groups is 1. The first-order valence-electron chi connectivity index (χ1n) is 5.32. The lowest BCUT2D eigenvalue weighted by Gasteiger charge is -2.06. The van der Waals surface area contributed by atoms with Crippen molar-refractivity contribution in [1.82, 2.24) is 0 Å². The number of furan rings is 1. The second kappa shape index (κ2) is 4.33. The number of amides is 2. The Bertz CT molecular complexity index is 565. The predicted molar refractivity (Wildman–Crippen MR) is 63.9 cm³/mol. The van der Waals surface area contributed by atoms with Crippen LogP contribution >= 0.6 is 0 Å². The van der Waals surface area contributed by atoms with Crippen LogP contribution in [-0.4, -0.2) is 12.8 Å². The molecule has 2 amide bonds. The van der Waals surface area contributed by atoms with Crippen molar-refractivity contribution in [3.63, 3.8) is 0 Å². The summed E-state index contributed by atoms with van der Waals surface area (Å²) in [5, 5.41) is 5.21. The third kappa shape index (κ3) is 2.08. The highest BCUT2D eigenvalue weighted by Gasteiger charge is 2.14. The van der Waals surface area contributed by atoms with Crippen LogP contribution in [0.1, 0.15) is 0 Å². The molecule has 3 rings (SSSR count). The predicted octanol–water partition coefficient (Wildman–Crippen LogP) is 2.65. The van der Waals surface area contributed by atoms with Crippen LogP contribution in [0, 0.1) is 0 Å². The first-order chi connectivity index (χ1) is 8.81. The van der Waals surface area contributed by atoms with E-state index in [2.05, 4.69) is 10.6 Å². The van der Waals surface area contributed by atoms with Gasteiger partial charge in [0.15, 0.2) is 11.5 Å². The summed E-state index contributed by atoms with van der Waals surface area (Å²) in [7, 11) is 0. The van der Waals surface area contributed by atoms with Crippen molar-refractivity contribution in [2.24, 2.45) is 0 Å². The van der Waals surface area contributed by atoms with Gasteiger partial charge in [0.05, 0.1) is 6.26 Å². The summed E-state index contributed by atoms with van der Waals surface area (Å²) < 4.78 is 15.4. The van der Waals surface area contributed by atoms with Gasteiger partial charge in [-0.15, -0.1) is 0 Å². The normalized spacial score (nSPS) is 12.2. The van der Waals surface area contributed by atoms with E-state index in [9.17, 15) is 4.79 Å². The van der Waals surface area contributed by atoms with Crippen molar-refractivity contribution in [3.8, 4) is 11.5 Å². The molecule has 2 N–H and O–H groups in total. The van der Waals surface area contributed by atoms with Gasteiger partial charge in [-0.1, -0.05) is 0 Å². The average molecular weight is 246 g/mol. The maximum Gasteiger partial charge on any atom is 0.326 e. The average Bonchev–Trinajstić information content (AvgIpc) is 2.98. The number of benzene rings is 1. The Morgan fingerprint density at radius 1 is 1.11 bits per heavy atom. The summed E-state index contributed by atoms with van der Waals surface area (Å²) in [4.78, 5) is 11.6. The maximum absolute atomic E-state index is 11.6. The van der Waals surface area contributed by atoms with Gasteiger partial charge in [-0.25, -0.2) is 4.79 Å². The lowest BCUT2D eigenvalue weighted by molar-refractivity contribution is 0.174. The van der Waals surface area contributed by atoms with Crippen molar-refractivity contribution in [2.45, 2.75) is 0 Å². The maximum atomic E-state index is 11.6. The molecule has 2 aromatic rings. The first-order valence-corrected chi connectivity index (χ1v) is 5.32. The molecule has 1 aromatic carbocycles. The fourth-order valence-electron chi connectivity index (χ4n) is 1.60. The number of anilines is 2. The summed E-state index contributed by atoms with van der Waals surface area (Å²) in [5.41, 5.74) is 0.614. The Kier molecular flexibility index (Phi) is 2.53. The Labute approximate surface area is 102 Å². The van der Waals surface area contributed by atoms with Gasteiger partial charge in [0.2, 0.25) is 12.7 Å². The number of ether oxygens (including phenoxy) is 2. The van der Waals surface area contributed by atoms with Gasteiger partial charge in [-0.2, -0.15) is 0 Å². The molecule has 0 aliphatic carbocycles. The van der Waals surface area contributed by atoms with Crippen LogP contribution in [0.4, 0.5) is 16.4 Å². The van der Waals surface area contributed by atoms with Crippen molar-refractivity contribution in [2.75, 3.05) is 17.4 Å². The Hall–Kier alpha value is -2.63. The molecule has 0 saturated heterocycles. The molecule has 92 valence electrons. The molecule has 1 aliphatic heterocycles. The van der Waals surface area contributed by atoms with E-state index in [1.165, 1.54) is 6.26 Å². The molecule has 18 heavy (non-hydrogen) atoms. The summed E-state index contributed by atoms with van der Waals surface area (Å²) in [6.07, 6.45) is 1.48.